The van der Waals surface area contributed by atoms with Gasteiger partial charge in [0.05, 0.1) is 11.2 Å². The van der Waals surface area contributed by atoms with Crippen molar-refractivity contribution >= 4 is 22.9 Å². The molecule has 1 aromatic heterocycles. The second-order valence-electron chi connectivity index (χ2n) is 5.73. The van der Waals surface area contributed by atoms with Crippen molar-refractivity contribution in [1.82, 2.24) is 10.3 Å². The number of aliphatic hydroxyl groups is 1. The molecule has 1 aliphatic rings. The van der Waals surface area contributed by atoms with Gasteiger partial charge in [-0.3, -0.25) is 4.79 Å². The van der Waals surface area contributed by atoms with Crippen LogP contribution in [0.2, 0.25) is 0 Å². The number of carbonyl (C=O) groups excluding carboxylic acids is 1. The standard InChI is InChI=1S/C18H20N2O2/c21-12-11-17(14-5-6-14)20-18(22)10-9-15-8-7-13-3-1-2-4-16(13)19-15/h1-4,7-10,14,17,21H,5-6,11-12H2,(H,20,22)/b10-9+. The van der Waals surface area contributed by atoms with Gasteiger partial charge in [0.15, 0.2) is 0 Å². The molecule has 0 bridgehead atoms. The number of benzene rings is 1. The van der Waals surface area contributed by atoms with Crippen molar-refractivity contribution in [1.29, 1.82) is 0 Å². The number of hydrogen-bond donors (Lipinski definition) is 2. The highest BCUT2D eigenvalue weighted by molar-refractivity contribution is 5.92. The minimum Gasteiger partial charge on any atom is -0.396 e. The Balaban J connectivity index is 1.65. The Morgan fingerprint density at radius 2 is 2.14 bits per heavy atom. The van der Waals surface area contributed by atoms with Gasteiger partial charge in [-0.2, -0.15) is 0 Å². The molecule has 22 heavy (non-hydrogen) atoms. The van der Waals surface area contributed by atoms with Gasteiger partial charge in [-0.15, -0.1) is 0 Å². The Morgan fingerprint density at radius 3 is 2.91 bits per heavy atom. The minimum absolute atomic E-state index is 0.0895. The summed E-state index contributed by atoms with van der Waals surface area (Å²) >= 11 is 0. The van der Waals surface area contributed by atoms with Crippen molar-refractivity contribution in [2.75, 3.05) is 6.61 Å². The number of nitrogens with zero attached hydrogens (tertiary/aromatic N) is 1. The summed E-state index contributed by atoms with van der Waals surface area (Å²) in [6.07, 6.45) is 6.15. The summed E-state index contributed by atoms with van der Waals surface area (Å²) in [4.78, 5) is 16.5. The molecule has 1 heterocycles. The number of para-hydroxylation sites is 1. The average Bonchev–Trinajstić information content (AvgIpc) is 3.37. The summed E-state index contributed by atoms with van der Waals surface area (Å²) in [5.41, 5.74) is 1.68. The predicted molar refractivity (Wildman–Crippen MR) is 87.1 cm³/mol. The van der Waals surface area contributed by atoms with E-state index in [1.54, 1.807) is 6.08 Å². The molecule has 0 radical (unpaired) electrons. The Labute approximate surface area is 129 Å². The molecule has 3 rings (SSSR count). The van der Waals surface area contributed by atoms with Crippen LogP contribution in [0.25, 0.3) is 17.0 Å². The van der Waals surface area contributed by atoms with Crippen LogP contribution in [0.15, 0.2) is 42.5 Å². The lowest BCUT2D eigenvalue weighted by molar-refractivity contribution is -0.117. The largest absolute Gasteiger partial charge is 0.396 e. The summed E-state index contributed by atoms with van der Waals surface area (Å²) in [7, 11) is 0. The third kappa shape index (κ3) is 3.71. The zero-order valence-corrected chi connectivity index (χ0v) is 12.4. The summed E-state index contributed by atoms with van der Waals surface area (Å²) in [6, 6.07) is 11.9. The van der Waals surface area contributed by atoms with Crippen molar-refractivity contribution in [3.05, 3.63) is 48.2 Å². The number of fused-ring (bicyclic) bond motifs is 1. The Bertz CT molecular complexity index is 692. The molecule has 114 valence electrons. The molecule has 0 saturated heterocycles. The van der Waals surface area contributed by atoms with Gasteiger partial charge < -0.3 is 10.4 Å². The van der Waals surface area contributed by atoms with Gasteiger partial charge in [-0.1, -0.05) is 24.3 Å². The van der Waals surface area contributed by atoms with E-state index in [-0.39, 0.29) is 18.6 Å². The van der Waals surface area contributed by atoms with Gasteiger partial charge in [0.2, 0.25) is 5.91 Å². The smallest absolute Gasteiger partial charge is 0.244 e. The van der Waals surface area contributed by atoms with Gasteiger partial charge in [-0.25, -0.2) is 4.98 Å². The molecular weight excluding hydrogens is 276 g/mol. The molecule has 4 nitrogen and oxygen atoms in total. The van der Waals surface area contributed by atoms with Crippen LogP contribution in [0.3, 0.4) is 0 Å². The second-order valence-corrected chi connectivity index (χ2v) is 5.73. The lowest BCUT2D eigenvalue weighted by atomic mass is 10.1. The first-order valence-corrected chi connectivity index (χ1v) is 7.71. The minimum atomic E-state index is -0.125. The number of pyridine rings is 1. The van der Waals surface area contributed by atoms with E-state index in [9.17, 15) is 4.79 Å². The molecule has 0 aliphatic heterocycles. The first-order valence-electron chi connectivity index (χ1n) is 7.71. The third-order valence-corrected chi connectivity index (χ3v) is 3.98. The fourth-order valence-electron chi connectivity index (χ4n) is 2.63. The van der Waals surface area contributed by atoms with Crippen molar-refractivity contribution in [2.45, 2.75) is 25.3 Å². The van der Waals surface area contributed by atoms with Crippen LogP contribution in [0.5, 0.6) is 0 Å². The molecular formula is C18H20N2O2. The lowest BCUT2D eigenvalue weighted by Gasteiger charge is -2.15. The summed E-state index contributed by atoms with van der Waals surface area (Å²) < 4.78 is 0. The van der Waals surface area contributed by atoms with E-state index in [0.717, 1.165) is 29.4 Å². The molecule has 1 amide bonds. The fourth-order valence-corrected chi connectivity index (χ4v) is 2.63. The van der Waals surface area contributed by atoms with Crippen LogP contribution in [-0.4, -0.2) is 28.6 Å². The maximum absolute atomic E-state index is 12.0. The quantitative estimate of drug-likeness (QED) is 0.805. The van der Waals surface area contributed by atoms with E-state index in [1.807, 2.05) is 36.4 Å². The molecule has 1 aromatic carbocycles. The van der Waals surface area contributed by atoms with E-state index >= 15 is 0 Å². The van der Waals surface area contributed by atoms with Gasteiger partial charge in [0.1, 0.15) is 0 Å². The summed E-state index contributed by atoms with van der Waals surface area (Å²) in [6.45, 7) is 0.109. The van der Waals surface area contributed by atoms with Gasteiger partial charge >= 0.3 is 0 Å². The number of hydrogen-bond acceptors (Lipinski definition) is 3. The summed E-state index contributed by atoms with van der Waals surface area (Å²) in [5.74, 6) is 0.406. The number of amides is 1. The normalized spacial score (nSPS) is 16.0. The van der Waals surface area contributed by atoms with Crippen LogP contribution in [0.1, 0.15) is 25.0 Å². The molecule has 4 heteroatoms. The summed E-state index contributed by atoms with van der Waals surface area (Å²) in [5, 5.41) is 13.1. The lowest BCUT2D eigenvalue weighted by Crippen LogP contribution is -2.36. The molecule has 1 atom stereocenters. The number of aromatic nitrogens is 1. The van der Waals surface area contributed by atoms with Gasteiger partial charge in [0.25, 0.3) is 0 Å². The topological polar surface area (TPSA) is 62.2 Å². The fraction of sp³-hybridized carbons (Fsp3) is 0.333. The molecule has 1 saturated carbocycles. The highest BCUT2D eigenvalue weighted by Gasteiger charge is 2.31. The molecule has 1 aliphatic carbocycles. The van der Waals surface area contributed by atoms with E-state index in [2.05, 4.69) is 10.3 Å². The van der Waals surface area contributed by atoms with E-state index < -0.39 is 0 Å². The molecule has 1 unspecified atom stereocenters. The van der Waals surface area contributed by atoms with Crippen molar-refractivity contribution in [2.24, 2.45) is 5.92 Å². The van der Waals surface area contributed by atoms with Gasteiger partial charge in [0, 0.05) is 24.1 Å². The third-order valence-electron chi connectivity index (χ3n) is 3.98. The average molecular weight is 296 g/mol. The van der Waals surface area contributed by atoms with E-state index in [1.165, 1.54) is 6.08 Å². The van der Waals surface area contributed by atoms with Crippen LogP contribution in [0, 0.1) is 5.92 Å². The van der Waals surface area contributed by atoms with Crippen molar-refractivity contribution in [3.8, 4) is 0 Å². The first kappa shape index (κ1) is 14.7. The van der Waals surface area contributed by atoms with Crippen LogP contribution in [-0.2, 0) is 4.79 Å². The second kappa shape index (κ2) is 6.71. The Morgan fingerprint density at radius 1 is 1.32 bits per heavy atom. The van der Waals surface area contributed by atoms with Crippen LogP contribution in [0.4, 0.5) is 0 Å². The first-order chi connectivity index (χ1) is 10.8. The number of rotatable bonds is 6. The zero-order valence-electron chi connectivity index (χ0n) is 12.4. The number of nitrogens with one attached hydrogen (secondary N) is 1. The number of carbonyl (C=O) groups is 1. The maximum atomic E-state index is 12.0. The van der Waals surface area contributed by atoms with Crippen molar-refractivity contribution in [3.63, 3.8) is 0 Å². The molecule has 1 fully saturated rings. The predicted octanol–water partition coefficient (Wildman–Crippen LogP) is 2.53. The SMILES string of the molecule is O=C(/C=C/c1ccc2ccccc2n1)NC(CCO)C1CC1. The van der Waals surface area contributed by atoms with E-state index in [0.29, 0.717) is 12.3 Å². The molecule has 0 spiro atoms. The Kier molecular flexibility index (Phi) is 4.49. The van der Waals surface area contributed by atoms with Crippen LogP contribution >= 0.6 is 0 Å². The molecule has 2 aromatic rings. The van der Waals surface area contributed by atoms with Crippen LogP contribution < -0.4 is 5.32 Å². The highest BCUT2D eigenvalue weighted by Crippen LogP contribution is 2.33. The highest BCUT2D eigenvalue weighted by atomic mass is 16.3. The molecule has 2 N–H and O–H groups in total. The maximum Gasteiger partial charge on any atom is 0.244 e. The Hall–Kier alpha value is -2.20. The van der Waals surface area contributed by atoms with Gasteiger partial charge in [-0.05, 0) is 43.4 Å². The van der Waals surface area contributed by atoms with E-state index in [4.69, 9.17) is 5.11 Å². The monoisotopic (exact) mass is 296 g/mol. The van der Waals surface area contributed by atoms with Crippen molar-refractivity contribution < 1.29 is 9.90 Å². The zero-order chi connectivity index (χ0) is 15.4. The number of aliphatic hydroxyl groups excluding tert-OH is 1.